The van der Waals surface area contributed by atoms with Crippen LogP contribution in [-0.4, -0.2) is 40.5 Å². The zero-order chi connectivity index (χ0) is 17.5. The van der Waals surface area contributed by atoms with Crippen LogP contribution in [-0.2, 0) is 13.0 Å². The highest BCUT2D eigenvalue weighted by molar-refractivity contribution is 5.89. The highest BCUT2D eigenvalue weighted by Crippen LogP contribution is 2.17. The van der Waals surface area contributed by atoms with Crippen molar-refractivity contribution in [1.82, 2.24) is 20.2 Å². The molecule has 2 aromatic rings. The van der Waals surface area contributed by atoms with Gasteiger partial charge in [0.2, 0.25) is 0 Å². The minimum Gasteiger partial charge on any atom is -0.338 e. The van der Waals surface area contributed by atoms with Crippen LogP contribution in [0.3, 0.4) is 0 Å². The third-order valence-corrected chi connectivity index (χ3v) is 4.42. The van der Waals surface area contributed by atoms with Gasteiger partial charge in [0.15, 0.2) is 0 Å². The molecule has 6 nitrogen and oxygen atoms in total. The second-order valence-corrected chi connectivity index (χ2v) is 6.41. The number of nitrogens with zero attached hydrogens (tertiary/aromatic N) is 3. The van der Waals surface area contributed by atoms with Crippen LogP contribution in [0.15, 0.2) is 42.6 Å². The summed E-state index contributed by atoms with van der Waals surface area (Å²) in [6.07, 6.45) is 3.79. The molecule has 1 aromatic heterocycles. The Morgan fingerprint density at radius 3 is 2.92 bits per heavy atom. The molecule has 1 unspecified atom stereocenters. The van der Waals surface area contributed by atoms with Gasteiger partial charge in [-0.2, -0.15) is 0 Å². The van der Waals surface area contributed by atoms with Crippen molar-refractivity contribution in [3.05, 3.63) is 54.1 Å². The summed E-state index contributed by atoms with van der Waals surface area (Å²) in [7, 11) is 0. The minimum absolute atomic E-state index is 0.145. The zero-order valence-corrected chi connectivity index (χ0v) is 14.6. The summed E-state index contributed by atoms with van der Waals surface area (Å²) in [4.78, 5) is 23.2. The van der Waals surface area contributed by atoms with Gasteiger partial charge in [-0.05, 0) is 37.1 Å². The third-order valence-electron chi connectivity index (χ3n) is 4.42. The standard InChI is InChI=1S/C19H25N5O/c1-2-18-20-10-8-17(22-18)14-24-11-9-15(13-24)12-21-19(25)23-16-6-4-3-5-7-16/h3-8,10,15H,2,9,11-14H2,1H3,(H2,21,23,25). The van der Waals surface area contributed by atoms with Crippen LogP contribution in [0.1, 0.15) is 24.9 Å². The van der Waals surface area contributed by atoms with E-state index in [0.29, 0.717) is 12.5 Å². The van der Waals surface area contributed by atoms with E-state index in [1.54, 1.807) is 0 Å². The molecule has 1 aliphatic rings. The van der Waals surface area contributed by atoms with Crippen LogP contribution in [0.25, 0.3) is 0 Å². The lowest BCUT2D eigenvalue weighted by Crippen LogP contribution is -2.34. The number of carbonyl (C=O) groups is 1. The fourth-order valence-corrected chi connectivity index (χ4v) is 3.09. The highest BCUT2D eigenvalue weighted by atomic mass is 16.2. The molecule has 0 radical (unpaired) electrons. The number of nitrogens with one attached hydrogen (secondary N) is 2. The maximum atomic E-state index is 12.0. The Labute approximate surface area is 148 Å². The monoisotopic (exact) mass is 339 g/mol. The molecule has 1 atom stereocenters. The Hall–Kier alpha value is -2.47. The Balaban J connectivity index is 1.41. The van der Waals surface area contributed by atoms with Gasteiger partial charge in [0.1, 0.15) is 5.82 Å². The molecule has 3 rings (SSSR count). The van der Waals surface area contributed by atoms with Gasteiger partial charge in [-0.15, -0.1) is 0 Å². The summed E-state index contributed by atoms with van der Waals surface area (Å²) < 4.78 is 0. The van der Waals surface area contributed by atoms with Crippen molar-refractivity contribution in [3.8, 4) is 0 Å². The Morgan fingerprint density at radius 2 is 2.12 bits per heavy atom. The van der Waals surface area contributed by atoms with Crippen molar-refractivity contribution in [3.63, 3.8) is 0 Å². The first-order valence-electron chi connectivity index (χ1n) is 8.86. The van der Waals surface area contributed by atoms with Gasteiger partial charge < -0.3 is 10.6 Å². The van der Waals surface area contributed by atoms with Gasteiger partial charge in [-0.25, -0.2) is 14.8 Å². The average molecular weight is 339 g/mol. The van der Waals surface area contributed by atoms with E-state index in [1.807, 2.05) is 42.6 Å². The first kappa shape index (κ1) is 17.4. The van der Waals surface area contributed by atoms with Crippen molar-refractivity contribution >= 4 is 11.7 Å². The molecule has 0 spiro atoms. The summed E-state index contributed by atoms with van der Waals surface area (Å²) in [6, 6.07) is 11.3. The predicted molar refractivity (Wildman–Crippen MR) is 98.3 cm³/mol. The van der Waals surface area contributed by atoms with E-state index in [2.05, 4.69) is 32.4 Å². The first-order valence-corrected chi connectivity index (χ1v) is 8.86. The molecule has 0 aliphatic carbocycles. The average Bonchev–Trinajstić information content (AvgIpc) is 3.08. The van der Waals surface area contributed by atoms with E-state index in [0.717, 1.165) is 49.7 Å². The topological polar surface area (TPSA) is 70.2 Å². The van der Waals surface area contributed by atoms with Crippen molar-refractivity contribution < 1.29 is 4.79 Å². The molecule has 6 heteroatoms. The highest BCUT2D eigenvalue weighted by Gasteiger charge is 2.23. The number of para-hydroxylation sites is 1. The number of amides is 2. The van der Waals surface area contributed by atoms with E-state index < -0.39 is 0 Å². The number of rotatable bonds is 6. The molecule has 0 saturated carbocycles. The van der Waals surface area contributed by atoms with Gasteiger partial charge in [0, 0.05) is 37.9 Å². The van der Waals surface area contributed by atoms with Crippen molar-refractivity contribution in [1.29, 1.82) is 0 Å². The number of carbonyl (C=O) groups excluding carboxylic acids is 1. The van der Waals surface area contributed by atoms with E-state index in [1.165, 1.54) is 0 Å². The molecule has 25 heavy (non-hydrogen) atoms. The number of anilines is 1. The summed E-state index contributed by atoms with van der Waals surface area (Å²) >= 11 is 0. The normalized spacial score (nSPS) is 17.4. The molecular formula is C19H25N5O. The fourth-order valence-electron chi connectivity index (χ4n) is 3.09. The number of likely N-dealkylation sites (tertiary alicyclic amines) is 1. The van der Waals surface area contributed by atoms with Crippen LogP contribution in [0, 0.1) is 5.92 Å². The lowest BCUT2D eigenvalue weighted by Gasteiger charge is -2.16. The van der Waals surface area contributed by atoms with E-state index in [4.69, 9.17) is 0 Å². The number of urea groups is 1. The molecule has 2 amide bonds. The largest absolute Gasteiger partial charge is 0.338 e. The number of aromatic nitrogens is 2. The van der Waals surface area contributed by atoms with E-state index in [-0.39, 0.29) is 6.03 Å². The molecule has 2 heterocycles. The van der Waals surface area contributed by atoms with E-state index >= 15 is 0 Å². The van der Waals surface area contributed by atoms with Crippen LogP contribution in [0.5, 0.6) is 0 Å². The van der Waals surface area contributed by atoms with E-state index in [9.17, 15) is 4.79 Å². The second-order valence-electron chi connectivity index (χ2n) is 6.41. The van der Waals surface area contributed by atoms with Gasteiger partial charge >= 0.3 is 6.03 Å². The van der Waals surface area contributed by atoms with Crippen molar-refractivity contribution in [2.75, 3.05) is 25.0 Å². The smallest absolute Gasteiger partial charge is 0.319 e. The zero-order valence-electron chi connectivity index (χ0n) is 14.6. The van der Waals surface area contributed by atoms with Crippen LogP contribution in [0.2, 0.25) is 0 Å². The first-order chi connectivity index (χ1) is 12.2. The lowest BCUT2D eigenvalue weighted by atomic mass is 10.1. The lowest BCUT2D eigenvalue weighted by molar-refractivity contribution is 0.249. The molecule has 132 valence electrons. The maximum Gasteiger partial charge on any atom is 0.319 e. The molecule has 1 saturated heterocycles. The Morgan fingerprint density at radius 1 is 1.28 bits per heavy atom. The molecule has 1 fully saturated rings. The Kier molecular flexibility index (Phi) is 5.95. The number of hydrogen-bond donors (Lipinski definition) is 2. The SMILES string of the molecule is CCc1nccc(CN2CCC(CNC(=O)Nc3ccccc3)C2)n1. The fraction of sp³-hybridized carbons (Fsp3) is 0.421. The maximum absolute atomic E-state index is 12.0. The summed E-state index contributed by atoms with van der Waals surface area (Å²) in [5.41, 5.74) is 1.88. The van der Waals surface area contributed by atoms with Gasteiger partial charge in [0.05, 0.1) is 5.69 Å². The predicted octanol–water partition coefficient (Wildman–Crippen LogP) is 2.68. The quantitative estimate of drug-likeness (QED) is 0.849. The molecule has 0 bridgehead atoms. The van der Waals surface area contributed by atoms with Gasteiger partial charge in [-0.1, -0.05) is 25.1 Å². The Bertz CT molecular complexity index is 691. The van der Waals surface area contributed by atoms with Gasteiger partial charge in [-0.3, -0.25) is 4.90 Å². The number of aryl methyl sites for hydroxylation is 1. The summed E-state index contributed by atoms with van der Waals surface area (Å²) in [6.45, 7) is 5.63. The van der Waals surface area contributed by atoms with Crippen LogP contribution in [0.4, 0.5) is 10.5 Å². The molecule has 2 N–H and O–H groups in total. The summed E-state index contributed by atoms with van der Waals surface area (Å²) in [5, 5.41) is 5.82. The summed E-state index contributed by atoms with van der Waals surface area (Å²) in [5.74, 6) is 1.38. The number of benzene rings is 1. The van der Waals surface area contributed by atoms with Crippen molar-refractivity contribution in [2.45, 2.75) is 26.3 Å². The minimum atomic E-state index is -0.145. The van der Waals surface area contributed by atoms with Crippen LogP contribution >= 0.6 is 0 Å². The molecular weight excluding hydrogens is 314 g/mol. The van der Waals surface area contributed by atoms with Gasteiger partial charge in [0.25, 0.3) is 0 Å². The van der Waals surface area contributed by atoms with Crippen LogP contribution < -0.4 is 10.6 Å². The molecule has 1 aromatic carbocycles. The third kappa shape index (κ3) is 5.26. The number of hydrogen-bond acceptors (Lipinski definition) is 4. The molecule has 1 aliphatic heterocycles. The van der Waals surface area contributed by atoms with Crippen molar-refractivity contribution in [2.24, 2.45) is 5.92 Å². The second kappa shape index (κ2) is 8.58.